The second-order valence-corrected chi connectivity index (χ2v) is 9.90. The van der Waals surface area contributed by atoms with Gasteiger partial charge in [-0.25, -0.2) is 18.5 Å². The number of phosphoric ester groups is 1. The molecule has 1 fully saturated rings. The van der Waals surface area contributed by atoms with E-state index in [1.807, 2.05) is 0 Å². The van der Waals surface area contributed by atoms with E-state index in [9.17, 15) is 33.6 Å². The molecule has 18 nitrogen and oxygen atoms in total. The SMILES string of the molecule is Nc1ccn(C2OC(COP(=O)(O)OP(=O)(O)OP(=O)(O)O)C(O)C2O)c(=O)n1.O.[Na]. The largest absolute Gasteiger partial charge is 0.490 e. The van der Waals surface area contributed by atoms with Crippen molar-refractivity contribution in [3.63, 3.8) is 0 Å². The van der Waals surface area contributed by atoms with Crippen molar-refractivity contribution in [2.45, 2.75) is 24.5 Å². The van der Waals surface area contributed by atoms with E-state index >= 15 is 0 Å². The van der Waals surface area contributed by atoms with Gasteiger partial charge in [-0.1, -0.05) is 0 Å². The van der Waals surface area contributed by atoms with Crippen molar-refractivity contribution in [1.82, 2.24) is 9.55 Å². The van der Waals surface area contributed by atoms with Gasteiger partial charge < -0.3 is 45.7 Å². The number of hydrogen-bond donors (Lipinski definition) is 7. The Bertz CT molecular complexity index is 953. The predicted molar refractivity (Wildman–Crippen MR) is 98.0 cm³/mol. The summed E-state index contributed by atoms with van der Waals surface area (Å²) in [6.45, 7) is -1.02. The van der Waals surface area contributed by atoms with E-state index in [1.165, 1.54) is 6.07 Å². The number of aliphatic hydroxyl groups excluding tert-OH is 2. The van der Waals surface area contributed by atoms with Crippen molar-refractivity contribution in [3.8, 4) is 0 Å². The van der Waals surface area contributed by atoms with E-state index in [0.717, 1.165) is 10.8 Å². The van der Waals surface area contributed by atoms with Crippen LogP contribution in [0.15, 0.2) is 17.1 Å². The molecule has 2 rings (SSSR count). The van der Waals surface area contributed by atoms with Crippen LogP contribution in [0.3, 0.4) is 0 Å². The number of aromatic nitrogens is 2. The number of nitrogens with two attached hydrogens (primary N) is 1. The summed E-state index contributed by atoms with van der Waals surface area (Å²) in [6.07, 6.45) is -5.38. The molecule has 0 amide bonds. The van der Waals surface area contributed by atoms with E-state index in [4.69, 9.17) is 25.2 Å². The summed E-state index contributed by atoms with van der Waals surface area (Å²) in [5, 5.41) is 20.0. The Labute approximate surface area is 194 Å². The van der Waals surface area contributed by atoms with Crippen LogP contribution in [0.5, 0.6) is 0 Å². The van der Waals surface area contributed by atoms with E-state index in [-0.39, 0.29) is 40.9 Å². The van der Waals surface area contributed by atoms with Gasteiger partial charge in [0, 0.05) is 35.8 Å². The number of phosphoric acid groups is 3. The van der Waals surface area contributed by atoms with Gasteiger partial charge in [-0.05, 0) is 6.07 Å². The fraction of sp³-hybridized carbons (Fsp3) is 0.556. The van der Waals surface area contributed by atoms with Gasteiger partial charge in [0.2, 0.25) is 0 Å². The predicted octanol–water partition coefficient (Wildman–Crippen LogP) is -3.42. The van der Waals surface area contributed by atoms with Gasteiger partial charge in [-0.3, -0.25) is 9.09 Å². The number of nitrogen functional groups attached to an aromatic ring is 1. The maximum absolute atomic E-state index is 11.8. The second kappa shape index (κ2) is 11.4. The Hall–Kier alpha value is -0.0700. The van der Waals surface area contributed by atoms with E-state index in [2.05, 4.69) is 18.1 Å². The third-order valence-corrected chi connectivity index (χ3v) is 7.08. The maximum atomic E-state index is 11.8. The minimum absolute atomic E-state index is 0. The number of hydrogen-bond acceptors (Lipinski definition) is 12. The van der Waals surface area contributed by atoms with Gasteiger partial charge >= 0.3 is 29.2 Å². The maximum Gasteiger partial charge on any atom is 0.490 e. The van der Waals surface area contributed by atoms with Crippen molar-refractivity contribution in [1.29, 1.82) is 0 Å². The molecular formula is C9H18N3NaO15P3. The monoisotopic (exact) mass is 524 g/mol. The number of rotatable bonds is 8. The summed E-state index contributed by atoms with van der Waals surface area (Å²) >= 11 is 0. The molecule has 175 valence electrons. The Balaban J connectivity index is 0.00000450. The third kappa shape index (κ3) is 9.00. The fourth-order valence-electron chi connectivity index (χ4n) is 2.19. The van der Waals surface area contributed by atoms with Gasteiger partial charge in [0.1, 0.15) is 24.1 Å². The van der Waals surface area contributed by atoms with E-state index in [1.54, 1.807) is 0 Å². The summed E-state index contributed by atoms with van der Waals surface area (Å²) in [7, 11) is -16.7. The molecule has 1 aliphatic heterocycles. The van der Waals surface area contributed by atoms with Crippen molar-refractivity contribution < 1.29 is 66.8 Å². The Morgan fingerprint density at radius 2 is 1.68 bits per heavy atom. The number of aliphatic hydroxyl groups is 2. The molecule has 6 atom stereocenters. The van der Waals surface area contributed by atoms with E-state index < -0.39 is 60.3 Å². The standard InChI is InChI=1S/C9H16N3O14P3.Na.H2O/c10-5-1-2-12(9(15)11-5)8-7(14)6(13)4(24-8)3-23-28(19,20)26-29(21,22)25-27(16,17)18;;/h1-2,4,6-8,13-14H,3H2,(H,19,20)(H,21,22)(H2,10,11,15)(H2,16,17,18);;1H2. The van der Waals surface area contributed by atoms with E-state index in [0.29, 0.717) is 0 Å². The molecule has 31 heavy (non-hydrogen) atoms. The molecule has 2 heterocycles. The first kappa shape index (κ1) is 30.9. The Morgan fingerprint density at radius 1 is 1.10 bits per heavy atom. The minimum atomic E-state index is -5.71. The summed E-state index contributed by atoms with van der Waals surface area (Å²) in [4.78, 5) is 50.5. The van der Waals surface area contributed by atoms with Crippen molar-refractivity contribution in [2.24, 2.45) is 0 Å². The van der Waals surface area contributed by atoms with Crippen LogP contribution in [0.25, 0.3) is 0 Å². The Morgan fingerprint density at radius 3 is 2.19 bits per heavy atom. The quantitative estimate of drug-likeness (QED) is 0.129. The molecule has 22 heteroatoms. The molecule has 1 aliphatic rings. The number of nitrogens with zero attached hydrogens (tertiary/aromatic N) is 2. The topological polar surface area (TPSA) is 302 Å². The number of anilines is 1. The molecule has 0 saturated carbocycles. The normalized spacial score (nSPS) is 27.4. The van der Waals surface area contributed by atoms with Gasteiger partial charge in [0.15, 0.2) is 6.23 Å². The first-order valence-corrected chi connectivity index (χ1v) is 11.8. The van der Waals surface area contributed by atoms with Crippen LogP contribution in [0.1, 0.15) is 6.23 Å². The van der Waals surface area contributed by atoms with Crippen LogP contribution >= 0.6 is 23.5 Å². The summed E-state index contributed by atoms with van der Waals surface area (Å²) in [6, 6.07) is 1.20. The summed E-state index contributed by atoms with van der Waals surface area (Å²) in [5.74, 6) is -0.122. The first-order valence-electron chi connectivity index (χ1n) is 7.25. The molecule has 1 aromatic rings. The van der Waals surface area contributed by atoms with Crippen molar-refractivity contribution in [3.05, 3.63) is 22.7 Å². The summed E-state index contributed by atoms with van der Waals surface area (Å²) < 4.78 is 50.8. The zero-order valence-corrected chi connectivity index (χ0v) is 20.1. The molecule has 0 aromatic carbocycles. The number of ether oxygens (including phenoxy) is 1. The van der Waals surface area contributed by atoms with Gasteiger partial charge in [-0.15, -0.1) is 0 Å². The summed E-state index contributed by atoms with van der Waals surface area (Å²) in [5.41, 5.74) is 4.39. The molecule has 0 spiro atoms. The van der Waals surface area contributed by atoms with Crippen LogP contribution in [0, 0.1) is 0 Å². The molecule has 1 radical (unpaired) electrons. The molecule has 10 N–H and O–H groups in total. The van der Waals surface area contributed by atoms with Crippen LogP contribution < -0.4 is 11.4 Å². The first-order chi connectivity index (χ1) is 13.1. The zero-order chi connectivity index (χ0) is 22.2. The van der Waals surface area contributed by atoms with Crippen molar-refractivity contribution in [2.75, 3.05) is 12.3 Å². The molecule has 1 aromatic heterocycles. The van der Waals surface area contributed by atoms with Gasteiger partial charge in [0.05, 0.1) is 6.61 Å². The Kier molecular flexibility index (Phi) is 11.3. The molecule has 0 aliphatic carbocycles. The zero-order valence-electron chi connectivity index (χ0n) is 15.4. The van der Waals surface area contributed by atoms with Gasteiger partial charge in [-0.2, -0.15) is 13.6 Å². The second-order valence-electron chi connectivity index (χ2n) is 5.48. The van der Waals surface area contributed by atoms with Crippen LogP contribution in [-0.4, -0.2) is 99.3 Å². The van der Waals surface area contributed by atoms with Crippen LogP contribution in [-0.2, 0) is 31.6 Å². The molecule has 0 bridgehead atoms. The smallest absolute Gasteiger partial charge is 0.412 e. The molecular weight excluding hydrogens is 506 g/mol. The van der Waals surface area contributed by atoms with Gasteiger partial charge in [0.25, 0.3) is 0 Å². The molecule has 1 saturated heterocycles. The third-order valence-electron chi connectivity index (χ3n) is 3.28. The van der Waals surface area contributed by atoms with Crippen LogP contribution in [0.4, 0.5) is 5.82 Å². The minimum Gasteiger partial charge on any atom is -0.412 e. The average molecular weight is 524 g/mol. The fourth-order valence-corrected chi connectivity index (χ4v) is 5.22. The van der Waals surface area contributed by atoms with Crippen molar-refractivity contribution >= 4 is 58.8 Å². The molecule has 6 unspecified atom stereocenters. The van der Waals surface area contributed by atoms with Crippen LogP contribution in [0.2, 0.25) is 0 Å². The average Bonchev–Trinajstić information content (AvgIpc) is 2.78.